The molecule has 0 aliphatic rings. The van der Waals surface area contributed by atoms with Gasteiger partial charge in [0.15, 0.2) is 0 Å². The molecule has 0 aromatic carbocycles. The molecule has 0 fully saturated rings. The number of carbonyl (C=O) groups excluding carboxylic acids is 1. The Labute approximate surface area is 97.5 Å². The molecule has 5 nitrogen and oxygen atoms in total. The van der Waals surface area contributed by atoms with E-state index in [2.05, 4.69) is 10.6 Å². The number of anilines is 1. The van der Waals surface area contributed by atoms with Crippen molar-refractivity contribution < 1.29 is 14.7 Å². The van der Waals surface area contributed by atoms with Crippen LogP contribution in [0.3, 0.4) is 0 Å². The van der Waals surface area contributed by atoms with Gasteiger partial charge in [-0.1, -0.05) is 0 Å². The van der Waals surface area contributed by atoms with E-state index in [9.17, 15) is 9.59 Å². The molecule has 0 radical (unpaired) electrons. The fourth-order valence-electron chi connectivity index (χ4n) is 1.17. The first-order chi connectivity index (χ1) is 7.41. The Bertz CT molecular complexity index is 412. The Balaban J connectivity index is 2.84. The lowest BCUT2D eigenvalue weighted by molar-refractivity contribution is 0.0703. The lowest BCUT2D eigenvalue weighted by atomic mass is 10.2. The predicted octanol–water partition coefficient (Wildman–Crippen LogP) is 2.28. The van der Waals surface area contributed by atoms with Gasteiger partial charge in [-0.3, -0.25) is 0 Å². The minimum Gasteiger partial charge on any atom is -0.477 e. The zero-order valence-electron chi connectivity index (χ0n) is 9.33. The van der Waals surface area contributed by atoms with Gasteiger partial charge in [-0.25, -0.2) is 9.59 Å². The molecule has 0 saturated carbocycles. The van der Waals surface area contributed by atoms with Crippen LogP contribution in [0.4, 0.5) is 10.5 Å². The Morgan fingerprint density at radius 1 is 1.44 bits per heavy atom. The first-order valence-electron chi connectivity index (χ1n) is 4.80. The molecule has 6 heteroatoms. The van der Waals surface area contributed by atoms with Crippen molar-refractivity contribution >= 4 is 29.0 Å². The normalized spacial score (nSPS) is 10.2. The van der Waals surface area contributed by atoms with Crippen LogP contribution in [0.15, 0.2) is 5.38 Å². The van der Waals surface area contributed by atoms with E-state index in [1.54, 1.807) is 12.3 Å². The van der Waals surface area contributed by atoms with Crippen LogP contribution in [0.1, 0.15) is 29.1 Å². The number of carboxylic acid groups (broad SMARTS) is 1. The molecule has 0 atom stereocenters. The maximum Gasteiger partial charge on any atom is 0.348 e. The molecule has 2 amide bonds. The van der Waals surface area contributed by atoms with E-state index in [-0.39, 0.29) is 17.0 Å². The second-order valence-corrected chi connectivity index (χ2v) is 4.56. The van der Waals surface area contributed by atoms with Crippen molar-refractivity contribution in [1.29, 1.82) is 0 Å². The summed E-state index contributed by atoms with van der Waals surface area (Å²) in [6.45, 7) is 5.42. The van der Waals surface area contributed by atoms with Crippen LogP contribution in [0, 0.1) is 6.92 Å². The smallest absolute Gasteiger partial charge is 0.348 e. The number of carboxylic acids is 1. The molecule has 0 spiro atoms. The Hall–Kier alpha value is -1.56. The van der Waals surface area contributed by atoms with Crippen molar-refractivity contribution in [2.45, 2.75) is 26.8 Å². The molecule has 88 valence electrons. The van der Waals surface area contributed by atoms with Crippen molar-refractivity contribution in [3.8, 4) is 0 Å². The van der Waals surface area contributed by atoms with Gasteiger partial charge in [0, 0.05) is 6.04 Å². The van der Waals surface area contributed by atoms with Crippen LogP contribution in [-0.4, -0.2) is 23.1 Å². The van der Waals surface area contributed by atoms with Crippen LogP contribution < -0.4 is 10.6 Å². The number of nitrogens with one attached hydrogen (secondary N) is 2. The molecule has 1 heterocycles. The maximum atomic E-state index is 11.4. The molecule has 1 aromatic heterocycles. The van der Waals surface area contributed by atoms with Gasteiger partial charge in [-0.2, -0.15) is 0 Å². The summed E-state index contributed by atoms with van der Waals surface area (Å²) in [4.78, 5) is 22.5. The quantitative estimate of drug-likeness (QED) is 0.760. The topological polar surface area (TPSA) is 78.4 Å². The van der Waals surface area contributed by atoms with Gasteiger partial charge >= 0.3 is 12.0 Å². The maximum absolute atomic E-state index is 11.4. The number of carbonyl (C=O) groups is 2. The zero-order chi connectivity index (χ0) is 12.3. The number of aryl methyl sites for hydroxylation is 1. The number of amides is 2. The van der Waals surface area contributed by atoms with Gasteiger partial charge in [0.1, 0.15) is 4.88 Å². The van der Waals surface area contributed by atoms with Crippen LogP contribution in [0.25, 0.3) is 0 Å². The fourth-order valence-corrected chi connectivity index (χ4v) is 2.01. The van der Waals surface area contributed by atoms with Crippen molar-refractivity contribution in [3.63, 3.8) is 0 Å². The molecular weight excluding hydrogens is 228 g/mol. The van der Waals surface area contributed by atoms with Gasteiger partial charge < -0.3 is 15.7 Å². The molecule has 1 rings (SSSR count). The summed E-state index contributed by atoms with van der Waals surface area (Å²) in [5, 5.41) is 15.8. The summed E-state index contributed by atoms with van der Waals surface area (Å²) >= 11 is 1.10. The molecule has 3 N–H and O–H groups in total. The second-order valence-electron chi connectivity index (χ2n) is 3.68. The third kappa shape index (κ3) is 2.96. The van der Waals surface area contributed by atoms with E-state index in [4.69, 9.17) is 5.11 Å². The van der Waals surface area contributed by atoms with Crippen molar-refractivity contribution in [2.24, 2.45) is 0 Å². The highest BCUT2D eigenvalue weighted by molar-refractivity contribution is 7.12. The van der Waals surface area contributed by atoms with Gasteiger partial charge in [0.2, 0.25) is 0 Å². The minimum absolute atomic E-state index is 0.00669. The summed E-state index contributed by atoms with van der Waals surface area (Å²) in [6.07, 6.45) is 0. The number of rotatable bonds is 3. The first-order valence-corrected chi connectivity index (χ1v) is 5.68. The Kier molecular flexibility index (Phi) is 3.89. The van der Waals surface area contributed by atoms with Crippen LogP contribution >= 0.6 is 11.3 Å². The standard InChI is InChI=1S/C10H14N2O3S/c1-5(2)11-10(15)12-7-6(3)4-16-8(7)9(13)14/h4-5H,1-3H3,(H,13,14)(H2,11,12,15). The molecular formula is C10H14N2O3S. The second kappa shape index (κ2) is 4.98. The summed E-state index contributed by atoms with van der Waals surface area (Å²) in [5.41, 5.74) is 1.12. The molecule has 1 aromatic rings. The van der Waals surface area contributed by atoms with Crippen molar-refractivity contribution in [2.75, 3.05) is 5.32 Å². The molecule has 0 saturated heterocycles. The average molecular weight is 242 g/mol. The van der Waals surface area contributed by atoms with E-state index in [1.165, 1.54) is 0 Å². The highest BCUT2D eigenvalue weighted by atomic mass is 32.1. The predicted molar refractivity (Wildman–Crippen MR) is 63.3 cm³/mol. The monoisotopic (exact) mass is 242 g/mol. The van der Waals surface area contributed by atoms with Crippen molar-refractivity contribution in [3.05, 3.63) is 15.8 Å². The van der Waals surface area contributed by atoms with Gasteiger partial charge in [0.25, 0.3) is 0 Å². The lowest BCUT2D eigenvalue weighted by Gasteiger charge is -2.10. The van der Waals surface area contributed by atoms with E-state index in [0.29, 0.717) is 5.69 Å². The molecule has 0 aliphatic heterocycles. The molecule has 0 bridgehead atoms. The number of urea groups is 1. The fraction of sp³-hybridized carbons (Fsp3) is 0.400. The van der Waals surface area contributed by atoms with E-state index in [0.717, 1.165) is 16.9 Å². The zero-order valence-corrected chi connectivity index (χ0v) is 10.1. The van der Waals surface area contributed by atoms with Gasteiger partial charge in [-0.15, -0.1) is 11.3 Å². The summed E-state index contributed by atoms with van der Waals surface area (Å²) in [5.74, 6) is -1.03. The van der Waals surface area contributed by atoms with Gasteiger partial charge in [-0.05, 0) is 31.7 Å². The Morgan fingerprint density at radius 2 is 2.06 bits per heavy atom. The molecule has 0 unspecified atom stereocenters. The van der Waals surface area contributed by atoms with Crippen LogP contribution in [0.5, 0.6) is 0 Å². The Morgan fingerprint density at radius 3 is 2.56 bits per heavy atom. The summed E-state index contributed by atoms with van der Waals surface area (Å²) < 4.78 is 0. The number of hydrogen-bond donors (Lipinski definition) is 3. The van der Waals surface area contributed by atoms with Gasteiger partial charge in [0.05, 0.1) is 5.69 Å². The number of hydrogen-bond acceptors (Lipinski definition) is 3. The van der Waals surface area contributed by atoms with E-state index < -0.39 is 5.97 Å². The lowest BCUT2D eigenvalue weighted by Crippen LogP contribution is -2.34. The summed E-state index contributed by atoms with van der Waals surface area (Å²) in [7, 11) is 0. The SMILES string of the molecule is Cc1csc(C(=O)O)c1NC(=O)NC(C)C. The largest absolute Gasteiger partial charge is 0.477 e. The number of thiophene rings is 1. The third-order valence-corrected chi connectivity index (χ3v) is 2.91. The van der Waals surface area contributed by atoms with Crippen molar-refractivity contribution in [1.82, 2.24) is 5.32 Å². The van der Waals surface area contributed by atoms with E-state index in [1.807, 2.05) is 13.8 Å². The minimum atomic E-state index is -1.03. The van der Waals surface area contributed by atoms with Crippen LogP contribution in [0.2, 0.25) is 0 Å². The molecule has 16 heavy (non-hydrogen) atoms. The van der Waals surface area contributed by atoms with Crippen LogP contribution in [-0.2, 0) is 0 Å². The third-order valence-electron chi connectivity index (χ3n) is 1.83. The highest BCUT2D eigenvalue weighted by Crippen LogP contribution is 2.27. The first kappa shape index (κ1) is 12.5. The summed E-state index contributed by atoms with van der Waals surface area (Å²) in [6, 6.07) is -0.383. The van der Waals surface area contributed by atoms with E-state index >= 15 is 0 Å². The average Bonchev–Trinajstić information content (AvgIpc) is 2.46. The number of aromatic carboxylic acids is 1. The highest BCUT2D eigenvalue weighted by Gasteiger charge is 2.17. The molecule has 0 aliphatic carbocycles.